The van der Waals surface area contributed by atoms with Crippen molar-refractivity contribution in [3.8, 4) is 5.75 Å². The zero-order valence-corrected chi connectivity index (χ0v) is 47.7. The summed E-state index contributed by atoms with van der Waals surface area (Å²) in [6.07, 6.45) is 16.1. The molecule has 0 bridgehead atoms. The first-order valence-corrected chi connectivity index (χ1v) is 28.0. The second-order valence-corrected chi connectivity index (χ2v) is 21.3. The highest BCUT2D eigenvalue weighted by atomic mass is 32.1. The molecule has 1 unspecified atom stereocenters. The van der Waals surface area contributed by atoms with Crippen molar-refractivity contribution in [2.24, 2.45) is 23.7 Å². The van der Waals surface area contributed by atoms with Gasteiger partial charge < -0.3 is 59.6 Å². The monoisotopic (exact) mass is 1110 g/mol. The number of carboxylic acid groups (broad SMARTS) is 1. The minimum absolute atomic E-state index is 0.0267. The second kappa shape index (κ2) is 34.7. The second-order valence-electron chi connectivity index (χ2n) is 20.4. The van der Waals surface area contributed by atoms with Crippen LogP contribution in [-0.4, -0.2) is 177 Å². The van der Waals surface area contributed by atoms with Crippen LogP contribution >= 0.6 is 11.3 Å². The minimum Gasteiger partial charge on any atom is -0.508 e. The van der Waals surface area contributed by atoms with Gasteiger partial charge in [-0.05, 0) is 80.3 Å². The van der Waals surface area contributed by atoms with E-state index in [9.17, 15) is 39.0 Å². The topological polar surface area (TPSA) is 248 Å². The molecular weight excluding hydrogens is 1020 g/mol. The first-order chi connectivity index (χ1) is 37.3. The predicted octanol–water partition coefficient (Wildman–Crippen LogP) is 6.29. The number of carbonyl (C=O) groups excluding carboxylic acids is 5. The van der Waals surface area contributed by atoms with Crippen molar-refractivity contribution >= 4 is 47.1 Å². The molecule has 1 aromatic carbocycles. The first-order valence-electron chi connectivity index (χ1n) is 27.1. The number of nitrogens with one attached hydrogen (secondary N) is 3. The van der Waals surface area contributed by atoms with Crippen molar-refractivity contribution < 1.29 is 62.7 Å². The Kier molecular flexibility index (Phi) is 28.6. The molecule has 2 aliphatic rings. The van der Waals surface area contributed by atoms with Gasteiger partial charge in [0.2, 0.25) is 11.8 Å². The van der Waals surface area contributed by atoms with E-state index in [0.29, 0.717) is 83.1 Å². The largest absolute Gasteiger partial charge is 0.508 e. The average molecular weight is 1110 g/mol. The van der Waals surface area contributed by atoms with Gasteiger partial charge in [-0.15, -0.1) is 11.3 Å². The van der Waals surface area contributed by atoms with Crippen molar-refractivity contribution in [3.63, 3.8) is 0 Å². The minimum atomic E-state index is -1.00. The molecular formula is C57H85N7O13S. The third kappa shape index (κ3) is 23.5. The molecule has 0 radical (unpaired) electrons. The Morgan fingerprint density at radius 1 is 0.859 bits per heavy atom. The molecule has 78 heavy (non-hydrogen) atoms. The van der Waals surface area contributed by atoms with Crippen LogP contribution in [0.3, 0.4) is 0 Å². The molecule has 432 valence electrons. The summed E-state index contributed by atoms with van der Waals surface area (Å²) in [6.45, 7) is 15.7. The zero-order valence-electron chi connectivity index (χ0n) is 46.9. The SMILES string of the molecule is CC[C@@H](C)[C@H](NC(=O)CN(C)CCOCCOCCOCCNC(=O)OCC1CCN(C2=C/C=C\C=C/C=C\2)CC1)C(=O)N(C)[C@H](CC(OC(C)=O)c1nc(C(=O)N[C@@H](Cc2ccc(O)cc2)C[C@H](C)C(=O)O)cs1)C(C)C. The van der Waals surface area contributed by atoms with Crippen LogP contribution in [0.4, 0.5) is 4.79 Å². The van der Waals surface area contributed by atoms with Crippen molar-refractivity contribution in [2.45, 2.75) is 104 Å². The number of alkyl carbamates (subject to hydrolysis) is 1. The number of likely N-dealkylation sites (tertiary alicyclic amines) is 1. The van der Waals surface area contributed by atoms with Gasteiger partial charge in [0.05, 0.1) is 58.7 Å². The maximum absolute atomic E-state index is 14.4. The van der Waals surface area contributed by atoms with Crippen LogP contribution in [0.25, 0.3) is 0 Å². The maximum atomic E-state index is 14.4. The van der Waals surface area contributed by atoms with Crippen LogP contribution in [-0.2, 0) is 49.3 Å². The summed E-state index contributed by atoms with van der Waals surface area (Å²) >= 11 is 1.13. The van der Waals surface area contributed by atoms with Gasteiger partial charge in [0.25, 0.3) is 5.91 Å². The summed E-state index contributed by atoms with van der Waals surface area (Å²) in [6, 6.07) is 4.56. The highest BCUT2D eigenvalue weighted by Crippen LogP contribution is 2.31. The third-order valence-corrected chi connectivity index (χ3v) is 14.7. The van der Waals surface area contributed by atoms with Crippen LogP contribution in [0.5, 0.6) is 5.75 Å². The van der Waals surface area contributed by atoms with E-state index in [4.69, 9.17) is 23.7 Å². The molecule has 1 aromatic heterocycles. The van der Waals surface area contributed by atoms with E-state index in [-0.39, 0.29) is 54.5 Å². The molecule has 6 atom stereocenters. The summed E-state index contributed by atoms with van der Waals surface area (Å²) in [5, 5.41) is 29.9. The quantitative estimate of drug-likeness (QED) is 0.0381. The van der Waals surface area contributed by atoms with E-state index >= 15 is 0 Å². The van der Waals surface area contributed by atoms with Crippen molar-refractivity contribution in [3.05, 3.63) is 94.1 Å². The number of nitrogens with zero attached hydrogens (tertiary/aromatic N) is 4. The molecule has 0 saturated carbocycles. The summed E-state index contributed by atoms with van der Waals surface area (Å²) < 4.78 is 28.2. The van der Waals surface area contributed by atoms with E-state index < -0.39 is 54.1 Å². The van der Waals surface area contributed by atoms with Crippen molar-refractivity contribution in [1.29, 1.82) is 0 Å². The lowest BCUT2D eigenvalue weighted by atomic mass is 9.93. The summed E-state index contributed by atoms with van der Waals surface area (Å²) in [4.78, 5) is 88.2. The number of carbonyl (C=O) groups is 6. The van der Waals surface area contributed by atoms with Crippen molar-refractivity contribution in [2.75, 3.05) is 93.1 Å². The number of piperidine rings is 1. The van der Waals surface area contributed by atoms with Crippen LogP contribution in [0.2, 0.25) is 0 Å². The van der Waals surface area contributed by atoms with E-state index in [1.54, 1.807) is 48.3 Å². The molecule has 4 rings (SSSR count). The van der Waals surface area contributed by atoms with Crippen LogP contribution < -0.4 is 16.0 Å². The number of benzene rings is 1. The number of likely N-dealkylation sites (N-methyl/N-ethyl adjacent to an activating group) is 2. The fourth-order valence-corrected chi connectivity index (χ4v) is 9.74. The molecule has 21 heteroatoms. The van der Waals surface area contributed by atoms with E-state index in [1.807, 2.05) is 58.1 Å². The van der Waals surface area contributed by atoms with E-state index in [1.165, 1.54) is 24.8 Å². The number of hydrogen-bond acceptors (Lipinski definition) is 16. The standard InChI is InChI=1S/C57H85N7O13S/c1-9-40(4)52(61-51(67)36-62(7)26-28-74-30-32-75-31-29-73-27-23-58-57(72)76-37-44-21-24-64(25-22-44)46-15-13-11-10-12-14-16-46)55(69)63(8)49(39(2)3)35-50(77-42(6)65)54-60-48(38-78-54)53(68)59-45(33-41(5)56(70)71)34-43-17-19-47(66)20-18-43/h10-20,38-41,44-45,49-50,52,66H,9,21-37H2,1-8H3,(H,58,72)(H,59,68)(H,61,67)(H,70,71)/b11-10-,12-10?,13-11?,14-12-,15-13-,16-14?,46-15?,46-16+/t40-,41+,45-,49-,50?,52+/m1/s1. The molecule has 5 N–H and O–H groups in total. The Morgan fingerprint density at radius 3 is 2.17 bits per heavy atom. The number of ether oxygens (including phenoxy) is 5. The number of carboxylic acids is 1. The number of phenolic OH excluding ortho intramolecular Hbond substituents is 1. The maximum Gasteiger partial charge on any atom is 0.407 e. The van der Waals surface area contributed by atoms with E-state index in [0.717, 1.165) is 42.8 Å². The first kappa shape index (κ1) is 64.4. The number of phenols is 1. The van der Waals surface area contributed by atoms with Gasteiger partial charge in [-0.25, -0.2) is 9.78 Å². The van der Waals surface area contributed by atoms with Crippen LogP contribution in [0.1, 0.15) is 101 Å². The van der Waals surface area contributed by atoms with Gasteiger partial charge in [0.1, 0.15) is 22.5 Å². The number of aliphatic carboxylic acids is 1. The number of aromatic nitrogens is 1. The molecule has 1 fully saturated rings. The van der Waals surface area contributed by atoms with Crippen LogP contribution in [0, 0.1) is 23.7 Å². The Morgan fingerprint density at radius 2 is 1.51 bits per heavy atom. The van der Waals surface area contributed by atoms with E-state index in [2.05, 4.69) is 38.0 Å². The number of rotatable bonds is 34. The van der Waals surface area contributed by atoms with Gasteiger partial charge in [0, 0.05) is 69.7 Å². The van der Waals surface area contributed by atoms with Gasteiger partial charge >= 0.3 is 18.0 Å². The van der Waals surface area contributed by atoms with Gasteiger partial charge in [-0.3, -0.25) is 28.9 Å². The highest BCUT2D eigenvalue weighted by Gasteiger charge is 2.36. The fourth-order valence-electron chi connectivity index (χ4n) is 8.90. The zero-order chi connectivity index (χ0) is 57.0. The molecule has 2 aromatic rings. The molecule has 1 aliphatic heterocycles. The Hall–Kier alpha value is -6.13. The molecule has 1 aliphatic carbocycles. The lowest BCUT2D eigenvalue weighted by Gasteiger charge is -2.37. The fraction of sp³-hybridized carbons (Fsp3) is 0.596. The lowest BCUT2D eigenvalue weighted by Crippen LogP contribution is -2.55. The van der Waals surface area contributed by atoms with Gasteiger partial charge in [-0.1, -0.05) is 83.6 Å². The number of hydrogen-bond donors (Lipinski definition) is 5. The van der Waals surface area contributed by atoms with Gasteiger partial charge in [-0.2, -0.15) is 0 Å². The number of aromatic hydroxyl groups is 1. The Balaban J connectivity index is 1.14. The molecule has 1 saturated heterocycles. The predicted molar refractivity (Wildman–Crippen MR) is 298 cm³/mol. The Bertz CT molecular complexity index is 2310. The molecule has 2 heterocycles. The Labute approximate surface area is 464 Å². The third-order valence-electron chi connectivity index (χ3n) is 13.7. The average Bonchev–Trinajstić information content (AvgIpc) is 3.90. The normalized spacial score (nSPS) is 17.9. The summed E-state index contributed by atoms with van der Waals surface area (Å²) in [5.74, 6) is -3.41. The lowest BCUT2D eigenvalue weighted by molar-refractivity contribution is -0.149. The summed E-state index contributed by atoms with van der Waals surface area (Å²) in [7, 11) is 3.46. The van der Waals surface area contributed by atoms with Crippen LogP contribution in [0.15, 0.2) is 77.9 Å². The molecule has 0 spiro atoms. The van der Waals surface area contributed by atoms with Crippen molar-refractivity contribution in [1.82, 2.24) is 35.6 Å². The number of allylic oxidation sites excluding steroid dienone is 7. The smallest absolute Gasteiger partial charge is 0.407 e. The van der Waals surface area contributed by atoms with Gasteiger partial charge in [0.15, 0.2) is 6.10 Å². The number of esters is 1. The molecule has 4 amide bonds. The molecule has 20 nitrogen and oxygen atoms in total. The number of thiazole rings is 1. The summed E-state index contributed by atoms with van der Waals surface area (Å²) in [5.41, 5.74) is 2.04. The number of amides is 4. The highest BCUT2D eigenvalue weighted by molar-refractivity contribution is 7.09.